The van der Waals surface area contributed by atoms with Crippen molar-refractivity contribution in [1.82, 2.24) is 9.97 Å². The number of fused-ring (bicyclic) bond motifs is 10. The van der Waals surface area contributed by atoms with Crippen molar-refractivity contribution in [3.05, 3.63) is 228 Å². The van der Waals surface area contributed by atoms with Gasteiger partial charge in [-0.15, -0.1) is 0 Å². The van der Waals surface area contributed by atoms with Gasteiger partial charge in [-0.3, -0.25) is 0 Å². The van der Waals surface area contributed by atoms with Crippen LogP contribution in [-0.2, 0) is 5.41 Å². The molecular formula is C54H33N3. The highest BCUT2D eigenvalue weighted by molar-refractivity contribution is 5.96. The van der Waals surface area contributed by atoms with E-state index >= 15 is 0 Å². The fraction of sp³-hybridized carbons (Fsp3) is 0.0185. The van der Waals surface area contributed by atoms with Gasteiger partial charge in [0, 0.05) is 16.7 Å². The van der Waals surface area contributed by atoms with E-state index in [9.17, 15) is 5.26 Å². The van der Waals surface area contributed by atoms with E-state index in [0.717, 1.165) is 50.3 Å². The van der Waals surface area contributed by atoms with Crippen LogP contribution in [0.4, 0.5) is 0 Å². The van der Waals surface area contributed by atoms with Crippen LogP contribution in [0.25, 0.3) is 78.4 Å². The molecule has 0 saturated heterocycles. The number of benzene rings is 8. The zero-order valence-electron chi connectivity index (χ0n) is 30.9. The molecule has 0 bridgehead atoms. The summed E-state index contributed by atoms with van der Waals surface area (Å²) < 4.78 is 0. The molecule has 1 spiro atoms. The maximum absolute atomic E-state index is 10.1. The van der Waals surface area contributed by atoms with Crippen molar-refractivity contribution in [3.8, 4) is 84.5 Å². The molecule has 3 heteroatoms. The molecule has 11 rings (SSSR count). The third-order valence-electron chi connectivity index (χ3n) is 11.7. The summed E-state index contributed by atoms with van der Waals surface area (Å²) in [6, 6.07) is 73.2. The molecular weight excluding hydrogens is 691 g/mol. The molecule has 0 radical (unpaired) electrons. The second-order valence-corrected chi connectivity index (χ2v) is 14.8. The molecule has 3 nitrogen and oxygen atoms in total. The molecule has 0 saturated carbocycles. The number of nitriles is 1. The summed E-state index contributed by atoms with van der Waals surface area (Å²) in [5.41, 5.74) is 19.4. The van der Waals surface area contributed by atoms with Crippen LogP contribution in [0.2, 0.25) is 0 Å². The molecule has 0 unspecified atom stereocenters. The minimum atomic E-state index is -0.526. The summed E-state index contributed by atoms with van der Waals surface area (Å²) in [6.45, 7) is 0. The summed E-state index contributed by atoms with van der Waals surface area (Å²) in [7, 11) is 0. The van der Waals surface area contributed by atoms with Gasteiger partial charge in [-0.25, -0.2) is 9.97 Å². The van der Waals surface area contributed by atoms with Crippen LogP contribution < -0.4 is 0 Å². The first-order chi connectivity index (χ1) is 28.2. The third-order valence-corrected chi connectivity index (χ3v) is 11.7. The summed E-state index contributed by atoms with van der Waals surface area (Å²) in [5.74, 6) is 0.701. The lowest BCUT2D eigenvalue weighted by atomic mass is 9.70. The Labute approximate surface area is 331 Å². The highest BCUT2D eigenvalue weighted by Gasteiger charge is 2.51. The Hall–Kier alpha value is -7.67. The molecule has 57 heavy (non-hydrogen) atoms. The average molecular weight is 724 g/mol. The van der Waals surface area contributed by atoms with Crippen LogP contribution in [-0.4, -0.2) is 9.97 Å². The fourth-order valence-electron chi connectivity index (χ4n) is 9.19. The molecule has 9 aromatic rings. The fourth-order valence-corrected chi connectivity index (χ4v) is 9.19. The molecule has 2 aliphatic rings. The minimum Gasteiger partial charge on any atom is -0.228 e. The molecule has 0 atom stereocenters. The number of rotatable bonds is 5. The van der Waals surface area contributed by atoms with Crippen LogP contribution in [0, 0.1) is 11.3 Å². The highest BCUT2D eigenvalue weighted by Crippen LogP contribution is 2.63. The van der Waals surface area contributed by atoms with Crippen molar-refractivity contribution in [2.24, 2.45) is 0 Å². The quantitative estimate of drug-likeness (QED) is 0.178. The lowest BCUT2D eigenvalue weighted by Gasteiger charge is -2.30. The van der Waals surface area contributed by atoms with Gasteiger partial charge in [0.2, 0.25) is 0 Å². The van der Waals surface area contributed by atoms with Gasteiger partial charge in [-0.2, -0.15) is 5.26 Å². The predicted octanol–water partition coefficient (Wildman–Crippen LogP) is 13.0. The van der Waals surface area contributed by atoms with E-state index in [1.165, 1.54) is 44.5 Å². The smallest absolute Gasteiger partial charge is 0.160 e. The van der Waals surface area contributed by atoms with E-state index in [1.807, 2.05) is 42.5 Å². The average Bonchev–Trinajstić information content (AvgIpc) is 3.76. The second-order valence-electron chi connectivity index (χ2n) is 14.8. The number of aromatic nitrogens is 2. The van der Waals surface area contributed by atoms with Crippen molar-refractivity contribution < 1.29 is 0 Å². The van der Waals surface area contributed by atoms with Crippen molar-refractivity contribution in [2.45, 2.75) is 5.41 Å². The first-order valence-electron chi connectivity index (χ1n) is 19.3. The molecule has 0 aliphatic heterocycles. The Morgan fingerprint density at radius 1 is 0.333 bits per heavy atom. The number of hydrogen-bond donors (Lipinski definition) is 0. The van der Waals surface area contributed by atoms with Gasteiger partial charge in [0.15, 0.2) is 5.82 Å². The van der Waals surface area contributed by atoms with E-state index in [-0.39, 0.29) is 0 Å². The largest absolute Gasteiger partial charge is 0.228 e. The normalized spacial score (nSPS) is 12.7. The van der Waals surface area contributed by atoms with Gasteiger partial charge >= 0.3 is 0 Å². The van der Waals surface area contributed by atoms with Crippen molar-refractivity contribution in [3.63, 3.8) is 0 Å². The Morgan fingerprint density at radius 2 is 0.789 bits per heavy atom. The van der Waals surface area contributed by atoms with Crippen LogP contribution in [0.15, 0.2) is 200 Å². The van der Waals surface area contributed by atoms with E-state index in [0.29, 0.717) is 11.4 Å². The van der Waals surface area contributed by atoms with Gasteiger partial charge in [-0.05, 0) is 103 Å². The molecule has 1 aromatic heterocycles. The van der Waals surface area contributed by atoms with Crippen LogP contribution in [0.1, 0.15) is 27.8 Å². The standard InChI is InChI=1S/C54H33N3/c55-34-35-25-27-45-46-28-26-41(32-50(46)54(49(45)29-35)47-23-9-7-21-43(47)44-22-8-10-24-48(44)54)39-18-11-17-38(30-39)40-19-12-20-42(31-40)52-33-51(36-13-3-1-4-14-36)56-53(57-52)37-15-5-2-6-16-37/h1-33H. The molecule has 0 fully saturated rings. The summed E-state index contributed by atoms with van der Waals surface area (Å²) in [6.07, 6.45) is 0. The molecule has 2 aliphatic carbocycles. The van der Waals surface area contributed by atoms with Crippen LogP contribution in [0.5, 0.6) is 0 Å². The summed E-state index contributed by atoms with van der Waals surface area (Å²) in [5, 5.41) is 10.1. The highest BCUT2D eigenvalue weighted by atomic mass is 14.9. The first kappa shape index (κ1) is 32.7. The maximum Gasteiger partial charge on any atom is 0.160 e. The van der Waals surface area contributed by atoms with Gasteiger partial charge in [0.25, 0.3) is 0 Å². The lowest BCUT2D eigenvalue weighted by molar-refractivity contribution is 0.793. The molecule has 264 valence electrons. The first-order valence-corrected chi connectivity index (χ1v) is 19.3. The maximum atomic E-state index is 10.1. The van der Waals surface area contributed by atoms with E-state index in [2.05, 4.69) is 164 Å². The topological polar surface area (TPSA) is 49.6 Å². The molecule has 0 amide bonds. The van der Waals surface area contributed by atoms with Gasteiger partial charge in [0.1, 0.15) is 0 Å². The Bertz CT molecular complexity index is 2980. The van der Waals surface area contributed by atoms with E-state index in [4.69, 9.17) is 9.97 Å². The zero-order chi connectivity index (χ0) is 37.9. The SMILES string of the molecule is N#Cc1ccc2c(c1)C1(c3ccccc3-c3ccccc31)c1cc(-c3cccc(-c4cccc(-c5cc(-c6ccccc6)nc(-c6ccccc6)n5)c4)c3)ccc1-2. The monoisotopic (exact) mass is 723 g/mol. The van der Waals surface area contributed by atoms with Gasteiger partial charge < -0.3 is 0 Å². The van der Waals surface area contributed by atoms with Crippen molar-refractivity contribution >= 4 is 0 Å². The summed E-state index contributed by atoms with van der Waals surface area (Å²) in [4.78, 5) is 10.1. The number of nitrogens with zero attached hydrogens (tertiary/aromatic N) is 3. The molecule has 0 N–H and O–H groups in total. The predicted molar refractivity (Wildman–Crippen MR) is 230 cm³/mol. The minimum absolute atomic E-state index is 0.526. The molecule has 1 heterocycles. The van der Waals surface area contributed by atoms with Gasteiger partial charge in [0.05, 0.1) is 28.4 Å². The van der Waals surface area contributed by atoms with Crippen LogP contribution in [0.3, 0.4) is 0 Å². The van der Waals surface area contributed by atoms with E-state index in [1.54, 1.807) is 0 Å². The Morgan fingerprint density at radius 3 is 1.42 bits per heavy atom. The number of hydrogen-bond acceptors (Lipinski definition) is 3. The van der Waals surface area contributed by atoms with Gasteiger partial charge in [-0.1, -0.05) is 164 Å². The van der Waals surface area contributed by atoms with Crippen LogP contribution >= 0.6 is 0 Å². The third kappa shape index (κ3) is 5.12. The zero-order valence-corrected chi connectivity index (χ0v) is 30.9. The molecule has 8 aromatic carbocycles. The Kier molecular flexibility index (Phi) is 7.45. The Balaban J connectivity index is 1.03. The van der Waals surface area contributed by atoms with Crippen molar-refractivity contribution in [2.75, 3.05) is 0 Å². The lowest BCUT2D eigenvalue weighted by Crippen LogP contribution is -2.26. The van der Waals surface area contributed by atoms with Crippen molar-refractivity contribution in [1.29, 1.82) is 5.26 Å². The second kappa shape index (κ2) is 13.0. The summed E-state index contributed by atoms with van der Waals surface area (Å²) >= 11 is 0. The van der Waals surface area contributed by atoms with E-state index < -0.39 is 5.41 Å².